The number of hydrogen-bond donors (Lipinski definition) is 2. The first kappa shape index (κ1) is 13.5. The van der Waals surface area contributed by atoms with Crippen molar-refractivity contribution >= 4 is 10.0 Å². The van der Waals surface area contributed by atoms with E-state index in [4.69, 9.17) is 4.52 Å². The highest BCUT2D eigenvalue weighted by atomic mass is 32.2. The van der Waals surface area contributed by atoms with Gasteiger partial charge in [-0.2, -0.15) is 0 Å². The third-order valence-electron chi connectivity index (χ3n) is 3.11. The molecule has 1 saturated heterocycles. The van der Waals surface area contributed by atoms with Crippen molar-refractivity contribution in [1.82, 2.24) is 15.2 Å². The second-order valence-electron chi connectivity index (χ2n) is 4.67. The Morgan fingerprint density at radius 3 is 2.83 bits per heavy atom. The number of nitrogens with one attached hydrogen (secondary N) is 2. The molecule has 1 unspecified atom stereocenters. The van der Waals surface area contributed by atoms with Gasteiger partial charge >= 0.3 is 0 Å². The van der Waals surface area contributed by atoms with Gasteiger partial charge in [-0.15, -0.1) is 0 Å². The molecule has 1 aromatic rings. The predicted molar refractivity (Wildman–Crippen MR) is 66.8 cm³/mol. The lowest BCUT2D eigenvalue weighted by Gasteiger charge is -2.16. The van der Waals surface area contributed by atoms with Crippen molar-refractivity contribution in [3.63, 3.8) is 0 Å². The predicted octanol–water partition coefficient (Wildman–Crippen LogP) is 0.712. The molecule has 1 aliphatic heterocycles. The molecule has 1 aromatic heterocycles. The molecular formula is C11H19N3O3S. The Bertz CT molecular complexity index is 482. The molecule has 0 aromatic carbocycles. The fourth-order valence-electron chi connectivity index (χ4n) is 2.26. The van der Waals surface area contributed by atoms with Gasteiger partial charge < -0.3 is 9.84 Å². The second-order valence-corrected chi connectivity index (χ2v) is 6.32. The normalized spacial score (nSPS) is 21.8. The van der Waals surface area contributed by atoms with Gasteiger partial charge in [0.1, 0.15) is 10.6 Å². The van der Waals surface area contributed by atoms with Crippen LogP contribution in [-0.2, 0) is 10.0 Å². The topological polar surface area (TPSA) is 84.2 Å². The van der Waals surface area contributed by atoms with E-state index in [1.165, 1.54) is 0 Å². The Hall–Kier alpha value is -0.920. The van der Waals surface area contributed by atoms with E-state index in [2.05, 4.69) is 15.2 Å². The SMILES string of the molecule is Cc1noc(C)c1S(=O)(=O)NC1CCCCNC1. The second kappa shape index (κ2) is 5.38. The average Bonchev–Trinajstić information content (AvgIpc) is 2.52. The van der Waals surface area contributed by atoms with Crippen LogP contribution in [0.15, 0.2) is 9.42 Å². The minimum absolute atomic E-state index is 0.0637. The fourth-order valence-corrected chi connectivity index (χ4v) is 3.86. The van der Waals surface area contributed by atoms with Gasteiger partial charge in [-0.25, -0.2) is 13.1 Å². The summed E-state index contributed by atoms with van der Waals surface area (Å²) in [6.45, 7) is 4.86. The summed E-state index contributed by atoms with van der Waals surface area (Å²) < 4.78 is 32.2. The van der Waals surface area contributed by atoms with E-state index in [0.29, 0.717) is 18.0 Å². The number of aryl methyl sites for hydroxylation is 2. The van der Waals surface area contributed by atoms with E-state index in [1.807, 2.05) is 0 Å². The Labute approximate surface area is 107 Å². The molecule has 102 valence electrons. The third kappa shape index (κ3) is 2.90. The Balaban J connectivity index is 2.16. The standard InChI is InChI=1S/C11H19N3O3S/c1-8-11(9(2)17-13-8)18(15,16)14-10-5-3-4-6-12-7-10/h10,12,14H,3-7H2,1-2H3. The van der Waals surface area contributed by atoms with Gasteiger partial charge in [-0.3, -0.25) is 0 Å². The van der Waals surface area contributed by atoms with E-state index in [0.717, 1.165) is 25.8 Å². The zero-order chi connectivity index (χ0) is 13.2. The van der Waals surface area contributed by atoms with Crippen molar-refractivity contribution in [3.8, 4) is 0 Å². The average molecular weight is 273 g/mol. The van der Waals surface area contributed by atoms with E-state index in [9.17, 15) is 8.42 Å². The molecule has 2 heterocycles. The minimum atomic E-state index is -3.54. The molecule has 0 spiro atoms. The molecule has 0 aliphatic carbocycles. The molecule has 2 rings (SSSR count). The van der Waals surface area contributed by atoms with Crippen molar-refractivity contribution in [2.75, 3.05) is 13.1 Å². The van der Waals surface area contributed by atoms with Gasteiger partial charge in [0, 0.05) is 12.6 Å². The molecule has 1 fully saturated rings. The Morgan fingerprint density at radius 2 is 2.17 bits per heavy atom. The quantitative estimate of drug-likeness (QED) is 0.847. The monoisotopic (exact) mass is 273 g/mol. The van der Waals surface area contributed by atoms with Crippen LogP contribution in [-0.4, -0.2) is 32.7 Å². The number of sulfonamides is 1. The lowest BCUT2D eigenvalue weighted by atomic mass is 10.2. The summed E-state index contributed by atoms with van der Waals surface area (Å²) in [5.41, 5.74) is 0.404. The highest BCUT2D eigenvalue weighted by Crippen LogP contribution is 2.19. The molecule has 2 N–H and O–H groups in total. The summed E-state index contributed by atoms with van der Waals surface area (Å²) in [5.74, 6) is 0.335. The zero-order valence-corrected chi connectivity index (χ0v) is 11.5. The lowest BCUT2D eigenvalue weighted by molar-refractivity contribution is 0.390. The van der Waals surface area contributed by atoms with Crippen molar-refractivity contribution in [1.29, 1.82) is 0 Å². The van der Waals surface area contributed by atoms with Crippen LogP contribution in [0, 0.1) is 13.8 Å². The minimum Gasteiger partial charge on any atom is -0.360 e. The Morgan fingerprint density at radius 1 is 1.39 bits per heavy atom. The summed E-state index contributed by atoms with van der Waals surface area (Å²) >= 11 is 0. The number of hydrogen-bond acceptors (Lipinski definition) is 5. The van der Waals surface area contributed by atoms with E-state index in [-0.39, 0.29) is 10.9 Å². The fraction of sp³-hybridized carbons (Fsp3) is 0.727. The van der Waals surface area contributed by atoms with Crippen LogP contribution in [0.2, 0.25) is 0 Å². The van der Waals surface area contributed by atoms with Crippen molar-refractivity contribution in [2.45, 2.75) is 44.0 Å². The van der Waals surface area contributed by atoms with E-state index >= 15 is 0 Å². The van der Waals surface area contributed by atoms with Crippen LogP contribution in [0.5, 0.6) is 0 Å². The summed E-state index contributed by atoms with van der Waals surface area (Å²) in [7, 11) is -3.54. The first-order valence-electron chi connectivity index (χ1n) is 6.16. The van der Waals surface area contributed by atoms with Gasteiger partial charge in [0.15, 0.2) is 5.76 Å². The summed E-state index contributed by atoms with van der Waals surface area (Å²) in [6, 6.07) is -0.0637. The van der Waals surface area contributed by atoms with E-state index in [1.54, 1.807) is 13.8 Å². The first-order valence-corrected chi connectivity index (χ1v) is 7.65. The molecule has 6 nitrogen and oxygen atoms in total. The van der Waals surface area contributed by atoms with E-state index < -0.39 is 10.0 Å². The molecule has 0 amide bonds. The van der Waals surface area contributed by atoms with Gasteiger partial charge in [0.25, 0.3) is 0 Å². The number of aromatic nitrogens is 1. The van der Waals surface area contributed by atoms with Crippen LogP contribution in [0.3, 0.4) is 0 Å². The lowest BCUT2D eigenvalue weighted by Crippen LogP contribution is -2.41. The van der Waals surface area contributed by atoms with Gasteiger partial charge in [-0.1, -0.05) is 11.6 Å². The third-order valence-corrected chi connectivity index (χ3v) is 4.87. The smallest absolute Gasteiger partial charge is 0.246 e. The molecule has 18 heavy (non-hydrogen) atoms. The molecule has 0 radical (unpaired) electrons. The van der Waals surface area contributed by atoms with Crippen molar-refractivity contribution in [3.05, 3.63) is 11.5 Å². The van der Waals surface area contributed by atoms with Crippen molar-refractivity contribution < 1.29 is 12.9 Å². The van der Waals surface area contributed by atoms with Crippen LogP contribution >= 0.6 is 0 Å². The van der Waals surface area contributed by atoms with Gasteiger partial charge in [0.05, 0.1) is 0 Å². The van der Waals surface area contributed by atoms with Gasteiger partial charge in [0.2, 0.25) is 10.0 Å². The van der Waals surface area contributed by atoms with Crippen molar-refractivity contribution in [2.24, 2.45) is 0 Å². The zero-order valence-electron chi connectivity index (χ0n) is 10.7. The Kier molecular flexibility index (Phi) is 4.04. The van der Waals surface area contributed by atoms with Crippen LogP contribution in [0.25, 0.3) is 0 Å². The van der Waals surface area contributed by atoms with Gasteiger partial charge in [-0.05, 0) is 33.2 Å². The maximum atomic E-state index is 12.3. The molecule has 1 atom stereocenters. The highest BCUT2D eigenvalue weighted by molar-refractivity contribution is 7.89. The highest BCUT2D eigenvalue weighted by Gasteiger charge is 2.27. The molecule has 1 aliphatic rings. The molecular weight excluding hydrogens is 254 g/mol. The van der Waals surface area contributed by atoms with Crippen LogP contribution in [0.4, 0.5) is 0 Å². The number of nitrogens with zero attached hydrogens (tertiary/aromatic N) is 1. The maximum absolute atomic E-state index is 12.3. The molecule has 7 heteroatoms. The summed E-state index contributed by atoms with van der Waals surface area (Å²) in [6.07, 6.45) is 2.97. The summed E-state index contributed by atoms with van der Waals surface area (Å²) in [4.78, 5) is 0.173. The molecule has 0 saturated carbocycles. The first-order chi connectivity index (χ1) is 8.50. The largest absolute Gasteiger partial charge is 0.360 e. The summed E-state index contributed by atoms with van der Waals surface area (Å²) in [5, 5.41) is 6.91. The number of rotatable bonds is 3. The van der Waals surface area contributed by atoms with Crippen LogP contribution < -0.4 is 10.0 Å². The van der Waals surface area contributed by atoms with Crippen LogP contribution in [0.1, 0.15) is 30.7 Å². The maximum Gasteiger partial charge on any atom is 0.246 e. The molecule has 0 bridgehead atoms.